The van der Waals surface area contributed by atoms with Crippen LogP contribution >= 0.6 is 12.1 Å². The van der Waals surface area contributed by atoms with Crippen LogP contribution < -0.4 is 0 Å². The van der Waals surface area contributed by atoms with E-state index in [1.54, 1.807) is 24.3 Å². The minimum Gasteiger partial charge on any atom is -0.379 e. The molecule has 0 spiro atoms. The zero-order valence-electron chi connectivity index (χ0n) is 12.1. The second-order valence-corrected chi connectivity index (χ2v) is 6.28. The summed E-state index contributed by atoms with van der Waals surface area (Å²) in [7, 11) is 1.48. The standard InChI is InChI=1S/C14H19F3N2OS/c1-11-3-5-12(6-4-11)13(14(15,16)17)18(2)21-19-7-9-20-10-8-19/h3-6,13H,7-10H2,1-2H3. The Balaban J connectivity index is 2.13. The molecule has 1 aliphatic heterocycles. The maximum atomic E-state index is 13.4. The first-order valence-electron chi connectivity index (χ1n) is 6.75. The van der Waals surface area contributed by atoms with Gasteiger partial charge < -0.3 is 4.74 Å². The molecule has 118 valence electrons. The third kappa shape index (κ3) is 4.60. The third-order valence-electron chi connectivity index (χ3n) is 3.28. The highest BCUT2D eigenvalue weighted by atomic mass is 32.2. The molecule has 3 nitrogen and oxygen atoms in total. The van der Waals surface area contributed by atoms with Crippen LogP contribution in [0.2, 0.25) is 0 Å². The lowest BCUT2D eigenvalue weighted by molar-refractivity contribution is -0.170. The predicted octanol–water partition coefficient (Wildman–Crippen LogP) is 3.43. The van der Waals surface area contributed by atoms with Gasteiger partial charge in [0, 0.05) is 25.2 Å². The zero-order chi connectivity index (χ0) is 15.5. The summed E-state index contributed by atoms with van der Waals surface area (Å²) in [6, 6.07) is 4.89. The molecule has 1 aromatic rings. The molecule has 1 aliphatic rings. The van der Waals surface area contributed by atoms with Crippen LogP contribution in [-0.4, -0.2) is 48.1 Å². The van der Waals surface area contributed by atoms with Gasteiger partial charge in [0.15, 0.2) is 0 Å². The van der Waals surface area contributed by atoms with E-state index in [-0.39, 0.29) is 5.56 Å². The van der Waals surface area contributed by atoms with Crippen LogP contribution in [-0.2, 0) is 4.74 Å². The average molecular weight is 320 g/mol. The maximum Gasteiger partial charge on any atom is 0.408 e. The first kappa shape index (κ1) is 16.6. The molecule has 1 fully saturated rings. The smallest absolute Gasteiger partial charge is 0.379 e. The van der Waals surface area contributed by atoms with E-state index in [0.717, 1.165) is 17.7 Å². The molecular weight excluding hydrogens is 301 g/mol. The second-order valence-electron chi connectivity index (χ2n) is 5.02. The van der Waals surface area contributed by atoms with Gasteiger partial charge in [-0.2, -0.15) is 13.2 Å². The Labute approximate surface area is 127 Å². The maximum absolute atomic E-state index is 13.4. The SMILES string of the molecule is Cc1ccc(C(N(C)SN2CCOCC2)C(F)(F)F)cc1. The second kappa shape index (κ2) is 7.00. The summed E-state index contributed by atoms with van der Waals surface area (Å²) < 4.78 is 48.6. The van der Waals surface area contributed by atoms with E-state index in [1.165, 1.54) is 11.4 Å². The van der Waals surface area contributed by atoms with E-state index in [1.807, 2.05) is 11.2 Å². The van der Waals surface area contributed by atoms with Gasteiger partial charge in [-0.15, -0.1) is 0 Å². The molecule has 0 bridgehead atoms. The fourth-order valence-electron chi connectivity index (χ4n) is 2.21. The highest BCUT2D eigenvalue weighted by molar-refractivity contribution is 7.94. The molecule has 1 saturated heterocycles. The van der Waals surface area contributed by atoms with Gasteiger partial charge in [0.25, 0.3) is 0 Å². The first-order valence-corrected chi connectivity index (χ1v) is 7.48. The molecule has 21 heavy (non-hydrogen) atoms. The highest BCUT2D eigenvalue weighted by Gasteiger charge is 2.44. The first-order chi connectivity index (χ1) is 9.88. The van der Waals surface area contributed by atoms with Gasteiger partial charge in [0.05, 0.1) is 13.2 Å². The normalized spacial score (nSPS) is 19.0. The van der Waals surface area contributed by atoms with E-state index in [0.29, 0.717) is 26.3 Å². The third-order valence-corrected chi connectivity index (χ3v) is 4.35. The van der Waals surface area contributed by atoms with Crippen LogP contribution in [0.5, 0.6) is 0 Å². The monoisotopic (exact) mass is 320 g/mol. The largest absolute Gasteiger partial charge is 0.408 e. The molecular formula is C14H19F3N2OS. The molecule has 0 radical (unpaired) electrons. The van der Waals surface area contributed by atoms with Crippen molar-refractivity contribution in [2.45, 2.75) is 19.1 Å². The van der Waals surface area contributed by atoms with Crippen molar-refractivity contribution in [3.63, 3.8) is 0 Å². The number of nitrogens with zero attached hydrogens (tertiary/aromatic N) is 2. The number of aryl methyl sites for hydroxylation is 1. The summed E-state index contributed by atoms with van der Waals surface area (Å²) in [5.74, 6) is 0. The molecule has 1 unspecified atom stereocenters. The lowest BCUT2D eigenvalue weighted by atomic mass is 10.1. The van der Waals surface area contributed by atoms with Crippen molar-refractivity contribution in [2.24, 2.45) is 0 Å². The van der Waals surface area contributed by atoms with Crippen molar-refractivity contribution in [1.29, 1.82) is 0 Å². The van der Waals surface area contributed by atoms with Crippen LogP contribution in [0.25, 0.3) is 0 Å². The van der Waals surface area contributed by atoms with Gasteiger partial charge >= 0.3 is 6.18 Å². The Kier molecular flexibility index (Phi) is 5.54. The topological polar surface area (TPSA) is 15.7 Å². The molecule has 7 heteroatoms. The minimum absolute atomic E-state index is 0.261. The van der Waals surface area contributed by atoms with Crippen LogP contribution in [0.4, 0.5) is 13.2 Å². The summed E-state index contributed by atoms with van der Waals surface area (Å²) in [6.45, 7) is 4.24. The summed E-state index contributed by atoms with van der Waals surface area (Å²) >= 11 is 1.12. The van der Waals surface area contributed by atoms with E-state index in [2.05, 4.69) is 0 Å². The fraction of sp³-hybridized carbons (Fsp3) is 0.571. The molecule has 0 amide bonds. The molecule has 2 rings (SSSR count). The Hall–Kier alpha value is -0.760. The number of halogens is 3. The van der Waals surface area contributed by atoms with E-state index < -0.39 is 12.2 Å². The summed E-state index contributed by atoms with van der Waals surface area (Å²) in [6.07, 6.45) is -4.32. The molecule has 1 atom stereocenters. The lowest BCUT2D eigenvalue weighted by Gasteiger charge is -2.34. The van der Waals surface area contributed by atoms with Crippen molar-refractivity contribution in [3.8, 4) is 0 Å². The van der Waals surface area contributed by atoms with Crippen LogP contribution in [0.3, 0.4) is 0 Å². The Bertz CT molecular complexity index is 447. The molecule has 0 saturated carbocycles. The Morgan fingerprint density at radius 3 is 2.29 bits per heavy atom. The van der Waals surface area contributed by atoms with Crippen LogP contribution in [0.1, 0.15) is 17.2 Å². The number of rotatable bonds is 4. The molecule has 0 aliphatic carbocycles. The van der Waals surface area contributed by atoms with Crippen molar-refractivity contribution in [2.75, 3.05) is 33.4 Å². The molecule has 0 aromatic heterocycles. The van der Waals surface area contributed by atoms with Gasteiger partial charge in [-0.1, -0.05) is 29.8 Å². The number of hydrogen-bond acceptors (Lipinski definition) is 4. The minimum atomic E-state index is -4.32. The number of benzene rings is 1. The Morgan fingerprint density at radius 1 is 1.19 bits per heavy atom. The van der Waals surface area contributed by atoms with Crippen molar-refractivity contribution in [3.05, 3.63) is 35.4 Å². The van der Waals surface area contributed by atoms with Gasteiger partial charge in [-0.05, 0) is 19.5 Å². The van der Waals surface area contributed by atoms with Crippen LogP contribution in [0, 0.1) is 6.92 Å². The molecule has 1 heterocycles. The number of ether oxygens (including phenoxy) is 1. The lowest BCUT2D eigenvalue weighted by Crippen LogP contribution is -2.38. The van der Waals surface area contributed by atoms with Crippen molar-refractivity contribution in [1.82, 2.24) is 8.61 Å². The van der Waals surface area contributed by atoms with Crippen molar-refractivity contribution < 1.29 is 17.9 Å². The van der Waals surface area contributed by atoms with Crippen molar-refractivity contribution >= 4 is 12.1 Å². The average Bonchev–Trinajstić information content (AvgIpc) is 2.41. The molecule has 1 aromatic carbocycles. The highest BCUT2D eigenvalue weighted by Crippen LogP contribution is 2.40. The Morgan fingerprint density at radius 2 is 1.76 bits per heavy atom. The number of alkyl halides is 3. The van der Waals surface area contributed by atoms with Crippen LogP contribution in [0.15, 0.2) is 24.3 Å². The van der Waals surface area contributed by atoms with Gasteiger partial charge in [0.2, 0.25) is 0 Å². The number of morpholine rings is 1. The predicted molar refractivity (Wildman–Crippen MR) is 77.7 cm³/mol. The van der Waals surface area contributed by atoms with E-state index >= 15 is 0 Å². The van der Waals surface area contributed by atoms with Gasteiger partial charge in [-0.3, -0.25) is 0 Å². The summed E-state index contributed by atoms with van der Waals surface area (Å²) in [4.78, 5) is 0. The van der Waals surface area contributed by atoms with E-state index in [4.69, 9.17) is 4.74 Å². The quantitative estimate of drug-likeness (QED) is 0.790. The number of hydrogen-bond donors (Lipinski definition) is 0. The fourth-order valence-corrected chi connectivity index (χ4v) is 3.22. The summed E-state index contributed by atoms with van der Waals surface area (Å²) in [5.41, 5.74) is 1.21. The zero-order valence-corrected chi connectivity index (χ0v) is 12.9. The van der Waals surface area contributed by atoms with E-state index in [9.17, 15) is 13.2 Å². The van der Waals surface area contributed by atoms with Gasteiger partial charge in [-0.25, -0.2) is 8.61 Å². The summed E-state index contributed by atoms with van der Waals surface area (Å²) in [5, 5.41) is 0. The van der Waals surface area contributed by atoms with Gasteiger partial charge in [0.1, 0.15) is 6.04 Å². The molecule has 0 N–H and O–H groups in total.